The number of allylic oxidation sites excluding steroid dienone is 1. The van der Waals surface area contributed by atoms with Gasteiger partial charge in [-0.05, 0) is 18.8 Å². The second-order valence-corrected chi connectivity index (χ2v) is 2.93. The maximum absolute atomic E-state index is 3.63. The van der Waals surface area contributed by atoms with Gasteiger partial charge in [-0.1, -0.05) is 22.0 Å². The molecule has 0 nitrogen and oxygen atoms in total. The van der Waals surface area contributed by atoms with E-state index in [2.05, 4.69) is 22.5 Å². The average Bonchev–Trinajstić information content (AvgIpc) is 2.22. The van der Waals surface area contributed by atoms with E-state index in [4.69, 9.17) is 0 Å². The van der Waals surface area contributed by atoms with E-state index in [1.165, 1.54) is 6.42 Å². The van der Waals surface area contributed by atoms with E-state index < -0.39 is 0 Å². The van der Waals surface area contributed by atoms with Crippen molar-refractivity contribution in [3.8, 4) is 0 Å². The SMILES string of the molecule is C=CC[C]1CC1Br. The standard InChI is InChI=1S/C6H8Br/c1-2-3-5-4-6(5)7/h2,6H,1,3-4H2. The summed E-state index contributed by atoms with van der Waals surface area (Å²) in [5, 5.41) is 0. The van der Waals surface area contributed by atoms with Crippen LogP contribution in [0.2, 0.25) is 0 Å². The van der Waals surface area contributed by atoms with Crippen LogP contribution in [0.15, 0.2) is 12.7 Å². The van der Waals surface area contributed by atoms with E-state index in [9.17, 15) is 0 Å². The Kier molecular flexibility index (Phi) is 1.53. The van der Waals surface area contributed by atoms with Crippen LogP contribution in [0.5, 0.6) is 0 Å². The molecule has 1 atom stereocenters. The van der Waals surface area contributed by atoms with Gasteiger partial charge in [-0.15, -0.1) is 6.58 Å². The molecule has 0 aromatic heterocycles. The van der Waals surface area contributed by atoms with Crippen LogP contribution in [-0.2, 0) is 0 Å². The Labute approximate surface area is 52.7 Å². The molecule has 1 heteroatoms. The second kappa shape index (κ2) is 1.99. The Bertz CT molecular complexity index is 78.2. The molecular formula is C6H8Br. The molecule has 0 bridgehead atoms. The van der Waals surface area contributed by atoms with Gasteiger partial charge in [-0.25, -0.2) is 0 Å². The lowest BCUT2D eigenvalue weighted by molar-refractivity contribution is 1.19. The van der Waals surface area contributed by atoms with Crippen molar-refractivity contribution in [2.75, 3.05) is 0 Å². The van der Waals surface area contributed by atoms with Crippen molar-refractivity contribution in [2.45, 2.75) is 17.7 Å². The fourth-order valence-electron chi connectivity index (χ4n) is 0.568. The quantitative estimate of drug-likeness (QED) is 0.429. The van der Waals surface area contributed by atoms with Crippen LogP contribution in [-0.4, -0.2) is 4.83 Å². The molecule has 0 spiro atoms. The van der Waals surface area contributed by atoms with Crippen LogP contribution in [0, 0.1) is 5.92 Å². The zero-order valence-electron chi connectivity index (χ0n) is 4.15. The summed E-state index contributed by atoms with van der Waals surface area (Å²) in [5.41, 5.74) is 0. The largest absolute Gasteiger partial charge is 0.103 e. The van der Waals surface area contributed by atoms with E-state index in [0.717, 1.165) is 11.2 Å². The van der Waals surface area contributed by atoms with E-state index in [0.29, 0.717) is 0 Å². The van der Waals surface area contributed by atoms with E-state index in [1.54, 1.807) is 5.92 Å². The van der Waals surface area contributed by atoms with E-state index in [1.807, 2.05) is 6.08 Å². The summed E-state index contributed by atoms with van der Waals surface area (Å²) in [6, 6.07) is 0. The van der Waals surface area contributed by atoms with Gasteiger partial charge in [0, 0.05) is 4.83 Å². The summed E-state index contributed by atoms with van der Waals surface area (Å²) in [5.74, 6) is 1.59. The summed E-state index contributed by atoms with van der Waals surface area (Å²) in [6.07, 6.45) is 4.33. The minimum Gasteiger partial charge on any atom is -0.103 e. The molecule has 1 aliphatic rings. The molecule has 39 valence electrons. The van der Waals surface area contributed by atoms with Gasteiger partial charge in [-0.2, -0.15) is 0 Å². The molecule has 0 amide bonds. The molecule has 7 heavy (non-hydrogen) atoms. The van der Waals surface area contributed by atoms with Crippen molar-refractivity contribution < 1.29 is 0 Å². The fourth-order valence-corrected chi connectivity index (χ4v) is 1.17. The molecule has 0 saturated heterocycles. The Morgan fingerprint density at radius 1 is 2.00 bits per heavy atom. The van der Waals surface area contributed by atoms with Crippen LogP contribution < -0.4 is 0 Å². The first-order valence-electron chi connectivity index (χ1n) is 2.44. The zero-order valence-corrected chi connectivity index (χ0v) is 5.74. The van der Waals surface area contributed by atoms with E-state index >= 15 is 0 Å². The Morgan fingerprint density at radius 2 is 2.57 bits per heavy atom. The van der Waals surface area contributed by atoms with Crippen LogP contribution in [0.4, 0.5) is 0 Å². The predicted octanol–water partition coefficient (Wildman–Crippen LogP) is 2.30. The highest BCUT2D eigenvalue weighted by atomic mass is 79.9. The van der Waals surface area contributed by atoms with Crippen molar-refractivity contribution in [1.29, 1.82) is 0 Å². The monoisotopic (exact) mass is 159 g/mol. The highest BCUT2D eigenvalue weighted by molar-refractivity contribution is 9.09. The Morgan fingerprint density at radius 3 is 2.71 bits per heavy atom. The summed E-state index contributed by atoms with van der Waals surface area (Å²) >= 11 is 3.46. The molecular weight excluding hydrogens is 152 g/mol. The first kappa shape index (κ1) is 5.36. The van der Waals surface area contributed by atoms with Crippen LogP contribution in [0.25, 0.3) is 0 Å². The van der Waals surface area contributed by atoms with Gasteiger partial charge < -0.3 is 0 Å². The number of alkyl halides is 1. The maximum atomic E-state index is 3.63. The molecule has 1 fully saturated rings. The van der Waals surface area contributed by atoms with Gasteiger partial charge in [0.05, 0.1) is 0 Å². The second-order valence-electron chi connectivity index (χ2n) is 1.82. The lowest BCUT2D eigenvalue weighted by atomic mass is 10.3. The van der Waals surface area contributed by atoms with Crippen LogP contribution >= 0.6 is 15.9 Å². The smallest absolute Gasteiger partial charge is 0.0217 e. The van der Waals surface area contributed by atoms with Crippen molar-refractivity contribution in [1.82, 2.24) is 0 Å². The average molecular weight is 160 g/mol. The van der Waals surface area contributed by atoms with Crippen molar-refractivity contribution >= 4 is 15.9 Å². The first-order chi connectivity index (χ1) is 3.34. The highest BCUT2D eigenvalue weighted by Gasteiger charge is 2.33. The van der Waals surface area contributed by atoms with Crippen molar-refractivity contribution in [3.63, 3.8) is 0 Å². The van der Waals surface area contributed by atoms with Gasteiger partial charge in [0.25, 0.3) is 0 Å². The third kappa shape index (κ3) is 1.30. The Balaban J connectivity index is 2.08. The molecule has 0 aliphatic heterocycles. The van der Waals surface area contributed by atoms with Gasteiger partial charge in [-0.3, -0.25) is 0 Å². The lowest BCUT2D eigenvalue weighted by Gasteiger charge is -1.80. The summed E-state index contributed by atoms with van der Waals surface area (Å²) in [4.78, 5) is 0.727. The fraction of sp³-hybridized carbons (Fsp3) is 0.500. The minimum absolute atomic E-state index is 0.727. The predicted molar refractivity (Wildman–Crippen MR) is 35.4 cm³/mol. The maximum Gasteiger partial charge on any atom is 0.0217 e. The number of rotatable bonds is 2. The molecule has 1 saturated carbocycles. The summed E-state index contributed by atoms with van der Waals surface area (Å²) < 4.78 is 0. The number of halogens is 1. The normalized spacial score (nSPS) is 30.1. The van der Waals surface area contributed by atoms with Gasteiger partial charge in [0.15, 0.2) is 0 Å². The molecule has 0 heterocycles. The molecule has 1 radical (unpaired) electrons. The molecule has 1 aliphatic carbocycles. The summed E-state index contributed by atoms with van der Waals surface area (Å²) in [7, 11) is 0. The first-order valence-corrected chi connectivity index (χ1v) is 3.35. The van der Waals surface area contributed by atoms with Gasteiger partial charge >= 0.3 is 0 Å². The molecule has 0 N–H and O–H groups in total. The van der Waals surface area contributed by atoms with Gasteiger partial charge in [0.2, 0.25) is 0 Å². The highest BCUT2D eigenvalue weighted by Crippen LogP contribution is 2.42. The van der Waals surface area contributed by atoms with Crippen LogP contribution in [0.3, 0.4) is 0 Å². The summed E-state index contributed by atoms with van der Waals surface area (Å²) in [6.45, 7) is 3.63. The Hall–Kier alpha value is 0.220. The molecule has 0 aromatic rings. The lowest BCUT2D eigenvalue weighted by Crippen LogP contribution is -1.68. The number of hydrogen-bond acceptors (Lipinski definition) is 0. The van der Waals surface area contributed by atoms with Gasteiger partial charge in [0.1, 0.15) is 0 Å². The minimum atomic E-state index is 0.727. The topological polar surface area (TPSA) is 0 Å². The van der Waals surface area contributed by atoms with E-state index in [-0.39, 0.29) is 0 Å². The van der Waals surface area contributed by atoms with Crippen LogP contribution in [0.1, 0.15) is 12.8 Å². The number of hydrogen-bond donors (Lipinski definition) is 0. The third-order valence-electron chi connectivity index (χ3n) is 1.13. The zero-order chi connectivity index (χ0) is 5.28. The third-order valence-corrected chi connectivity index (χ3v) is 2.10. The van der Waals surface area contributed by atoms with Crippen molar-refractivity contribution in [3.05, 3.63) is 18.6 Å². The molecule has 1 rings (SSSR count). The van der Waals surface area contributed by atoms with Crippen molar-refractivity contribution in [2.24, 2.45) is 0 Å². The molecule has 1 unspecified atom stereocenters. The molecule has 0 aromatic carbocycles.